The quantitative estimate of drug-likeness (QED) is 0.0266. The lowest BCUT2D eigenvalue weighted by atomic mass is 9.94. The summed E-state index contributed by atoms with van der Waals surface area (Å²) in [5.74, 6) is 1.20. The van der Waals surface area contributed by atoms with Gasteiger partial charge in [0.25, 0.3) is 0 Å². The highest BCUT2D eigenvalue weighted by molar-refractivity contribution is 7.57. The fourth-order valence-electron chi connectivity index (χ4n) is 7.59. The van der Waals surface area contributed by atoms with Crippen LogP contribution in [0.5, 0.6) is 0 Å². The lowest BCUT2D eigenvalue weighted by Crippen LogP contribution is -2.13. The number of hydrogen-bond acceptors (Lipinski definition) is 5. The molecule has 56 heavy (non-hydrogen) atoms. The average molecular weight is 806 g/mol. The maximum absolute atomic E-state index is 12.3. The van der Waals surface area contributed by atoms with Gasteiger partial charge in [-0.3, -0.25) is 9.59 Å². The zero-order valence-corrected chi connectivity index (χ0v) is 39.3. The second-order valence-corrected chi connectivity index (χ2v) is 19.8. The van der Waals surface area contributed by atoms with Crippen LogP contribution in [0, 0.1) is 11.8 Å². The molecule has 0 saturated carbocycles. The molecule has 0 heterocycles. The summed E-state index contributed by atoms with van der Waals surface area (Å²) in [5.41, 5.74) is 0. The molecule has 0 atom stereocenters. The first-order chi connectivity index (χ1) is 27.4. The van der Waals surface area contributed by atoms with E-state index in [4.69, 9.17) is 9.47 Å². The molecule has 0 rings (SSSR count). The molecule has 0 aromatic rings. The number of carbonyl (C=O) groups excluding carboxylic acids is 2. The number of ether oxygens (including phenoxy) is 2. The summed E-state index contributed by atoms with van der Waals surface area (Å²) in [6, 6.07) is 0. The largest absolute Gasteiger partial charge is 0.461 e. The lowest BCUT2D eigenvalue weighted by Gasteiger charge is -2.18. The third-order valence-electron chi connectivity index (χ3n) is 11.3. The van der Waals surface area contributed by atoms with Gasteiger partial charge in [0.15, 0.2) is 0 Å². The van der Waals surface area contributed by atoms with E-state index in [1.807, 2.05) is 0 Å². The van der Waals surface area contributed by atoms with E-state index in [9.17, 15) is 9.59 Å². The third kappa shape index (κ3) is 39.6. The van der Waals surface area contributed by atoms with Gasteiger partial charge >= 0.3 is 11.9 Å². The van der Waals surface area contributed by atoms with Gasteiger partial charge in [0.1, 0.15) is 13.2 Å². The summed E-state index contributed by atoms with van der Waals surface area (Å²) in [4.78, 5) is 26.9. The number of allylic oxidation sites excluding steroid dienone is 2. The lowest BCUT2D eigenvalue weighted by molar-refractivity contribution is -0.143. The van der Waals surface area contributed by atoms with Crippen LogP contribution in [-0.4, -0.2) is 69.2 Å². The first-order valence-corrected chi connectivity index (χ1v) is 26.3. The summed E-state index contributed by atoms with van der Waals surface area (Å²) < 4.78 is 11.1. The Morgan fingerprint density at radius 2 is 0.804 bits per heavy atom. The van der Waals surface area contributed by atoms with Crippen molar-refractivity contribution < 1.29 is 19.1 Å². The van der Waals surface area contributed by atoms with E-state index in [1.54, 1.807) is 0 Å². The maximum atomic E-state index is 12.3. The van der Waals surface area contributed by atoms with Crippen LogP contribution in [0.4, 0.5) is 0 Å². The summed E-state index contributed by atoms with van der Waals surface area (Å²) >= 11 is 0. The topological polar surface area (TPSA) is 55.8 Å². The molecule has 0 spiro atoms. The fourth-order valence-corrected chi connectivity index (χ4v) is 10.3. The molecule has 0 amide bonds. The van der Waals surface area contributed by atoms with Crippen molar-refractivity contribution in [1.29, 1.82) is 0 Å². The van der Waals surface area contributed by atoms with Crippen LogP contribution in [0.25, 0.3) is 0 Å². The van der Waals surface area contributed by atoms with Crippen LogP contribution in [0.1, 0.15) is 220 Å². The molecule has 0 saturated heterocycles. The molecule has 0 aliphatic rings. The predicted octanol–water partition coefficient (Wildman–Crippen LogP) is 15.2. The van der Waals surface area contributed by atoms with Crippen molar-refractivity contribution in [3.8, 4) is 0 Å². The third-order valence-corrected chi connectivity index (χ3v) is 14.1. The Bertz CT molecular complexity index is 821. The molecule has 0 aromatic heterocycles. The Morgan fingerprint density at radius 1 is 0.464 bits per heavy atom. The minimum Gasteiger partial charge on any atom is -0.461 e. The first-order valence-electron chi connectivity index (χ1n) is 24.4. The Kier molecular flexibility index (Phi) is 42.5. The summed E-state index contributed by atoms with van der Waals surface area (Å²) in [6.07, 6.45) is 49.3. The molecule has 6 heteroatoms. The fraction of sp³-hybridized carbons (Fsp3) is 0.880. The molecule has 0 aromatic carbocycles. The molecule has 0 radical (unpaired) electrons. The van der Waals surface area contributed by atoms with Crippen molar-refractivity contribution in [2.24, 2.45) is 11.8 Å². The highest BCUT2D eigenvalue weighted by Gasteiger charge is 2.10. The van der Waals surface area contributed by atoms with E-state index in [0.29, 0.717) is 37.9 Å². The first kappa shape index (κ1) is 54.8. The number of nitrogens with zero attached hydrogens (tertiary/aromatic N) is 1. The van der Waals surface area contributed by atoms with Crippen molar-refractivity contribution in [2.45, 2.75) is 220 Å². The smallest absolute Gasteiger partial charge is 0.306 e. The van der Waals surface area contributed by atoms with E-state index in [1.165, 1.54) is 179 Å². The zero-order chi connectivity index (χ0) is 41.2. The average Bonchev–Trinajstić information content (AvgIpc) is 3.18. The second-order valence-electron chi connectivity index (χ2n) is 17.1. The van der Waals surface area contributed by atoms with Crippen LogP contribution in [-0.2, 0) is 19.1 Å². The standard InChI is InChI=1S/C50H96NO4P/c1-7-11-21-33-47(34-22-12-8-2)37-31-42-54-49(52)39-25-17-15-19-28-44-56(46-30-27-41-51(5)6)45-29-20-16-18-26-40-50(53)55-43-32-38-48(35-23-13-9-3)36-24-14-10-4/h31-32,37-38,47-48H,7-30,33-36,39-46H2,1-6H3. The normalized spacial score (nSPS) is 12.6. The Hall–Kier alpha value is -1.19. The molecule has 0 N–H and O–H groups in total. The molecular formula is C50H96NO4P. The Balaban J connectivity index is 4.23. The van der Waals surface area contributed by atoms with E-state index < -0.39 is 0 Å². The van der Waals surface area contributed by atoms with Crippen LogP contribution in [0.2, 0.25) is 0 Å². The molecule has 0 fully saturated rings. The number of unbranched alkanes of at least 4 members (excludes halogenated alkanes) is 17. The van der Waals surface area contributed by atoms with E-state index in [0.717, 1.165) is 25.7 Å². The molecule has 0 aliphatic carbocycles. The van der Waals surface area contributed by atoms with Gasteiger partial charge in [-0.25, -0.2) is 0 Å². The summed E-state index contributed by atoms with van der Waals surface area (Å²) in [7, 11) is 4.47. The monoisotopic (exact) mass is 806 g/mol. The van der Waals surface area contributed by atoms with E-state index >= 15 is 0 Å². The summed E-state index contributed by atoms with van der Waals surface area (Å²) in [5, 5.41) is 0. The van der Waals surface area contributed by atoms with Gasteiger partial charge in [0, 0.05) is 12.8 Å². The molecule has 0 bridgehead atoms. The summed E-state index contributed by atoms with van der Waals surface area (Å²) in [6.45, 7) is 11.1. The van der Waals surface area contributed by atoms with Gasteiger partial charge in [-0.15, -0.1) is 7.92 Å². The van der Waals surface area contributed by atoms with E-state index in [2.05, 4.69) is 71.0 Å². The van der Waals surface area contributed by atoms with Gasteiger partial charge in [0.2, 0.25) is 0 Å². The molecule has 5 nitrogen and oxygen atoms in total. The number of hydrogen-bond donors (Lipinski definition) is 0. The number of rotatable bonds is 43. The van der Waals surface area contributed by atoms with Crippen molar-refractivity contribution in [2.75, 3.05) is 52.3 Å². The predicted molar refractivity (Wildman–Crippen MR) is 248 cm³/mol. The van der Waals surface area contributed by atoms with Crippen LogP contribution >= 0.6 is 7.92 Å². The van der Waals surface area contributed by atoms with Gasteiger partial charge in [-0.05, 0) is 115 Å². The van der Waals surface area contributed by atoms with Crippen molar-refractivity contribution in [1.82, 2.24) is 4.90 Å². The minimum absolute atomic E-state index is 0.0355. The Morgan fingerprint density at radius 3 is 1.16 bits per heavy atom. The molecular weight excluding hydrogens is 710 g/mol. The molecule has 330 valence electrons. The highest BCUT2D eigenvalue weighted by Crippen LogP contribution is 2.39. The minimum atomic E-state index is -0.0355. The Labute approximate surface area is 351 Å². The number of carbonyl (C=O) groups is 2. The number of esters is 2. The molecule has 0 aliphatic heterocycles. The highest BCUT2D eigenvalue weighted by atomic mass is 31.1. The zero-order valence-electron chi connectivity index (χ0n) is 38.4. The van der Waals surface area contributed by atoms with Crippen LogP contribution in [0.15, 0.2) is 24.3 Å². The van der Waals surface area contributed by atoms with Crippen molar-refractivity contribution in [3.63, 3.8) is 0 Å². The van der Waals surface area contributed by atoms with Gasteiger partial charge in [0.05, 0.1) is 0 Å². The van der Waals surface area contributed by atoms with Crippen LogP contribution in [0.3, 0.4) is 0 Å². The maximum Gasteiger partial charge on any atom is 0.306 e. The van der Waals surface area contributed by atoms with Crippen molar-refractivity contribution >= 4 is 19.9 Å². The SMILES string of the molecule is CCCCCC(C=CCOC(=O)CCCCCCCP(CCCCCCCC(=O)OCC=CC(CCCCC)CCCCC)CCCCN(C)C)CCCCC. The van der Waals surface area contributed by atoms with Gasteiger partial charge < -0.3 is 14.4 Å². The molecule has 0 unspecified atom stereocenters. The second kappa shape index (κ2) is 43.4. The van der Waals surface area contributed by atoms with E-state index in [-0.39, 0.29) is 19.9 Å². The van der Waals surface area contributed by atoms with Crippen molar-refractivity contribution in [3.05, 3.63) is 24.3 Å². The van der Waals surface area contributed by atoms with Gasteiger partial charge in [-0.1, -0.05) is 168 Å². The van der Waals surface area contributed by atoms with Gasteiger partial charge in [-0.2, -0.15) is 0 Å². The van der Waals surface area contributed by atoms with Crippen LogP contribution < -0.4 is 0 Å².